The molecular formula is C9H16F3N3O2. The molecule has 1 fully saturated rings. The molecule has 1 aliphatic rings. The van der Waals surface area contributed by atoms with Gasteiger partial charge in [0, 0.05) is 13.1 Å². The lowest BCUT2D eigenvalue weighted by molar-refractivity contribution is -0.161. The number of piperidine rings is 1. The quantitative estimate of drug-likeness (QED) is 0.294. The number of alkyl halides is 3. The van der Waals surface area contributed by atoms with Crippen LogP contribution in [0.5, 0.6) is 0 Å². The SMILES string of the molecule is NC(=NO)C(CN1CCCC(O)C1)C(F)(F)F. The molecular weight excluding hydrogens is 239 g/mol. The van der Waals surface area contributed by atoms with Crippen molar-refractivity contribution in [2.45, 2.75) is 25.1 Å². The van der Waals surface area contributed by atoms with E-state index in [0.29, 0.717) is 19.4 Å². The van der Waals surface area contributed by atoms with Gasteiger partial charge in [-0.1, -0.05) is 5.16 Å². The highest BCUT2D eigenvalue weighted by atomic mass is 19.4. The summed E-state index contributed by atoms with van der Waals surface area (Å²) in [7, 11) is 0. The van der Waals surface area contributed by atoms with Crippen molar-refractivity contribution in [2.24, 2.45) is 16.8 Å². The largest absolute Gasteiger partial charge is 0.409 e. The van der Waals surface area contributed by atoms with Gasteiger partial charge < -0.3 is 16.0 Å². The van der Waals surface area contributed by atoms with Gasteiger partial charge in [0.2, 0.25) is 0 Å². The molecule has 8 heteroatoms. The zero-order valence-electron chi connectivity index (χ0n) is 9.19. The minimum absolute atomic E-state index is 0.186. The van der Waals surface area contributed by atoms with Crippen LogP contribution in [0, 0.1) is 5.92 Å². The van der Waals surface area contributed by atoms with E-state index in [1.54, 1.807) is 0 Å². The average Bonchev–Trinajstić information content (AvgIpc) is 2.23. The highest BCUT2D eigenvalue weighted by Gasteiger charge is 2.44. The summed E-state index contributed by atoms with van der Waals surface area (Å²) >= 11 is 0. The zero-order valence-corrected chi connectivity index (χ0v) is 9.19. The van der Waals surface area contributed by atoms with E-state index in [4.69, 9.17) is 10.9 Å². The van der Waals surface area contributed by atoms with Gasteiger partial charge in [0.25, 0.3) is 0 Å². The third kappa shape index (κ3) is 4.04. The Labute approximate surface area is 96.7 Å². The van der Waals surface area contributed by atoms with E-state index in [1.807, 2.05) is 0 Å². The van der Waals surface area contributed by atoms with E-state index >= 15 is 0 Å². The Kier molecular flexibility index (Phi) is 4.58. The van der Waals surface area contributed by atoms with Crippen molar-refractivity contribution in [1.82, 2.24) is 4.90 Å². The van der Waals surface area contributed by atoms with Crippen LogP contribution in [-0.4, -0.2) is 53.0 Å². The normalized spacial score (nSPS) is 25.9. The van der Waals surface area contributed by atoms with Crippen molar-refractivity contribution < 1.29 is 23.5 Å². The van der Waals surface area contributed by atoms with Gasteiger partial charge in [0.1, 0.15) is 5.92 Å². The maximum atomic E-state index is 12.6. The van der Waals surface area contributed by atoms with E-state index in [1.165, 1.54) is 4.90 Å². The number of nitrogens with two attached hydrogens (primary N) is 1. The smallest absolute Gasteiger partial charge is 0.400 e. The summed E-state index contributed by atoms with van der Waals surface area (Å²) < 4.78 is 37.9. The number of nitrogens with zero attached hydrogens (tertiary/aromatic N) is 2. The highest BCUT2D eigenvalue weighted by molar-refractivity contribution is 5.83. The van der Waals surface area contributed by atoms with Crippen LogP contribution < -0.4 is 5.73 Å². The Hall–Kier alpha value is -1.02. The van der Waals surface area contributed by atoms with Gasteiger partial charge in [0.05, 0.1) is 6.10 Å². The summed E-state index contributed by atoms with van der Waals surface area (Å²) in [6, 6.07) is 0. The van der Waals surface area contributed by atoms with Crippen molar-refractivity contribution >= 4 is 5.84 Å². The molecule has 0 saturated carbocycles. The number of rotatable bonds is 3. The standard InChI is InChI=1S/C9H16F3N3O2/c10-9(11,12)7(8(13)14-17)5-15-3-1-2-6(16)4-15/h6-7,16-17H,1-5H2,(H2,13,14). The first-order chi connectivity index (χ1) is 7.84. The summed E-state index contributed by atoms with van der Waals surface area (Å²) in [6.45, 7) is 0.268. The van der Waals surface area contributed by atoms with Gasteiger partial charge in [0.15, 0.2) is 5.84 Å². The third-order valence-corrected chi connectivity index (χ3v) is 2.79. The number of hydrogen-bond donors (Lipinski definition) is 3. The number of hydrogen-bond acceptors (Lipinski definition) is 4. The van der Waals surface area contributed by atoms with Crippen molar-refractivity contribution in [3.05, 3.63) is 0 Å². The first-order valence-electron chi connectivity index (χ1n) is 5.29. The number of aliphatic hydroxyl groups excluding tert-OH is 1. The molecule has 5 nitrogen and oxygen atoms in total. The number of amidine groups is 1. The Balaban J connectivity index is 2.66. The van der Waals surface area contributed by atoms with Gasteiger partial charge >= 0.3 is 6.18 Å². The second kappa shape index (κ2) is 5.54. The number of likely N-dealkylation sites (tertiary alicyclic amines) is 1. The van der Waals surface area contributed by atoms with Crippen LogP contribution >= 0.6 is 0 Å². The van der Waals surface area contributed by atoms with Crippen molar-refractivity contribution in [1.29, 1.82) is 0 Å². The summed E-state index contributed by atoms with van der Waals surface area (Å²) in [5.41, 5.74) is 5.05. The number of β-amino-alcohol motifs (C(OH)–C–C–N with tert-alkyl or cyclic N) is 1. The summed E-state index contributed by atoms with van der Waals surface area (Å²) in [5, 5.41) is 20.1. The lowest BCUT2D eigenvalue weighted by Crippen LogP contribution is -2.48. The van der Waals surface area contributed by atoms with Gasteiger partial charge in [-0.05, 0) is 19.4 Å². The predicted molar refractivity (Wildman–Crippen MR) is 54.6 cm³/mol. The van der Waals surface area contributed by atoms with E-state index in [2.05, 4.69) is 5.16 Å². The van der Waals surface area contributed by atoms with Crippen LogP contribution in [0.25, 0.3) is 0 Å². The molecule has 0 bridgehead atoms. The molecule has 2 atom stereocenters. The van der Waals surface area contributed by atoms with Gasteiger partial charge in [-0.3, -0.25) is 4.90 Å². The zero-order chi connectivity index (χ0) is 13.1. The molecule has 1 saturated heterocycles. The Morgan fingerprint density at radius 2 is 2.18 bits per heavy atom. The molecule has 0 aliphatic carbocycles. The van der Waals surface area contributed by atoms with E-state index in [0.717, 1.165) is 0 Å². The molecule has 0 aromatic heterocycles. The van der Waals surface area contributed by atoms with Crippen LogP contribution in [0.4, 0.5) is 13.2 Å². The molecule has 1 rings (SSSR count). The molecule has 0 aromatic carbocycles. The first kappa shape index (κ1) is 14.0. The molecule has 100 valence electrons. The van der Waals surface area contributed by atoms with Crippen LogP contribution in [-0.2, 0) is 0 Å². The minimum atomic E-state index is -4.56. The monoisotopic (exact) mass is 255 g/mol. The Morgan fingerprint density at radius 1 is 1.53 bits per heavy atom. The van der Waals surface area contributed by atoms with Crippen LogP contribution in [0.1, 0.15) is 12.8 Å². The van der Waals surface area contributed by atoms with E-state index in [-0.39, 0.29) is 6.54 Å². The molecule has 0 aromatic rings. The molecule has 2 unspecified atom stereocenters. The van der Waals surface area contributed by atoms with Crippen molar-refractivity contribution in [3.8, 4) is 0 Å². The molecule has 1 aliphatic heterocycles. The molecule has 17 heavy (non-hydrogen) atoms. The molecule has 1 heterocycles. The first-order valence-corrected chi connectivity index (χ1v) is 5.29. The van der Waals surface area contributed by atoms with E-state index < -0.39 is 30.6 Å². The highest BCUT2D eigenvalue weighted by Crippen LogP contribution is 2.28. The minimum Gasteiger partial charge on any atom is -0.409 e. The average molecular weight is 255 g/mol. The fourth-order valence-electron chi connectivity index (χ4n) is 1.89. The predicted octanol–water partition coefficient (Wildman–Crippen LogP) is 0.368. The molecule has 0 radical (unpaired) electrons. The van der Waals surface area contributed by atoms with Gasteiger partial charge in [-0.25, -0.2) is 0 Å². The number of oxime groups is 1. The molecule has 0 spiro atoms. The van der Waals surface area contributed by atoms with Crippen molar-refractivity contribution in [2.75, 3.05) is 19.6 Å². The fraction of sp³-hybridized carbons (Fsp3) is 0.889. The Morgan fingerprint density at radius 3 is 2.65 bits per heavy atom. The third-order valence-electron chi connectivity index (χ3n) is 2.79. The van der Waals surface area contributed by atoms with Gasteiger partial charge in [-0.15, -0.1) is 0 Å². The van der Waals surface area contributed by atoms with E-state index in [9.17, 15) is 18.3 Å². The molecule has 0 amide bonds. The number of aliphatic hydroxyl groups is 1. The Bertz CT molecular complexity index is 283. The molecule has 4 N–H and O–H groups in total. The maximum absolute atomic E-state index is 12.6. The van der Waals surface area contributed by atoms with Gasteiger partial charge in [-0.2, -0.15) is 13.2 Å². The fourth-order valence-corrected chi connectivity index (χ4v) is 1.89. The second-order valence-electron chi connectivity index (χ2n) is 4.17. The number of halogens is 3. The lowest BCUT2D eigenvalue weighted by Gasteiger charge is -2.33. The van der Waals surface area contributed by atoms with Crippen LogP contribution in [0.15, 0.2) is 5.16 Å². The van der Waals surface area contributed by atoms with Crippen LogP contribution in [0.2, 0.25) is 0 Å². The second-order valence-corrected chi connectivity index (χ2v) is 4.17. The summed E-state index contributed by atoms with van der Waals surface area (Å²) in [4.78, 5) is 1.48. The van der Waals surface area contributed by atoms with Crippen LogP contribution in [0.3, 0.4) is 0 Å². The maximum Gasteiger partial charge on any atom is 0.400 e. The summed E-state index contributed by atoms with van der Waals surface area (Å²) in [6.07, 6.45) is -3.93. The summed E-state index contributed by atoms with van der Waals surface area (Å²) in [5.74, 6) is -2.85. The van der Waals surface area contributed by atoms with Crippen molar-refractivity contribution in [3.63, 3.8) is 0 Å². The topological polar surface area (TPSA) is 82.1 Å². The lowest BCUT2D eigenvalue weighted by atomic mass is 10.0.